The molecule has 1 aliphatic rings. The molecule has 1 fully saturated rings. The maximum atomic E-state index is 13.6. The molecule has 1 aliphatic heterocycles. The summed E-state index contributed by atoms with van der Waals surface area (Å²) in [6, 6.07) is 8.81. The van der Waals surface area contributed by atoms with Crippen molar-refractivity contribution in [2.24, 2.45) is 7.05 Å². The fourth-order valence-corrected chi connectivity index (χ4v) is 4.84. The van der Waals surface area contributed by atoms with Crippen LogP contribution in [-0.2, 0) is 11.8 Å². The fourth-order valence-electron chi connectivity index (χ4n) is 4.84. The van der Waals surface area contributed by atoms with E-state index in [-0.39, 0.29) is 23.5 Å². The first kappa shape index (κ1) is 26.2. The van der Waals surface area contributed by atoms with E-state index >= 15 is 0 Å². The number of hydrogen-bond donors (Lipinski definition) is 1. The van der Waals surface area contributed by atoms with Crippen molar-refractivity contribution in [3.8, 4) is 0 Å². The molecule has 0 aliphatic carbocycles. The van der Waals surface area contributed by atoms with Crippen LogP contribution in [0.1, 0.15) is 25.5 Å². The van der Waals surface area contributed by atoms with Gasteiger partial charge < -0.3 is 19.6 Å². The maximum Gasteiger partial charge on any atom is 0.270 e. The van der Waals surface area contributed by atoms with Gasteiger partial charge in [-0.05, 0) is 43.7 Å². The van der Waals surface area contributed by atoms with Gasteiger partial charge in [0.15, 0.2) is 0 Å². The predicted octanol–water partition coefficient (Wildman–Crippen LogP) is 3.64. The Morgan fingerprint density at radius 1 is 1.16 bits per heavy atom. The van der Waals surface area contributed by atoms with Gasteiger partial charge in [-0.15, -0.1) is 4.98 Å². The minimum atomic E-state index is -2.70. The Balaban J connectivity index is 1.71. The lowest BCUT2D eigenvalue weighted by atomic mass is 9.98. The van der Waals surface area contributed by atoms with Crippen LogP contribution in [0.4, 0.5) is 24.7 Å². The summed E-state index contributed by atoms with van der Waals surface area (Å²) in [5.74, 6) is -0.855. The molecule has 0 radical (unpaired) electrons. The molecule has 4 rings (SSSR count). The normalized spacial score (nSPS) is 19.1. The van der Waals surface area contributed by atoms with E-state index in [0.29, 0.717) is 35.4 Å². The molecule has 8 nitrogen and oxygen atoms in total. The highest BCUT2D eigenvalue weighted by Gasteiger charge is 2.38. The lowest BCUT2D eigenvalue weighted by Gasteiger charge is -2.47. The van der Waals surface area contributed by atoms with Gasteiger partial charge in [0.25, 0.3) is 17.8 Å². The molecule has 3 atom stereocenters. The summed E-state index contributed by atoms with van der Waals surface area (Å²) in [6.45, 7) is 11.1. The standard InChI is InChI=1S/C26H27F3N6O2/c1-15-14-35(25(26(37)31-12-21(28)29)17-5-7-18(27)8-6-17)16(2)13-34(15)20-11-23(36)33(4)19-9-10-22(30-3)32-24(19)20/h5-11,15-16,21,25H,12-14H2,1-2,4H3,(H,31,37)/t15-,16+,25?/m0/s1. The molecule has 194 valence electrons. The average Bonchev–Trinajstić information content (AvgIpc) is 2.87. The molecule has 1 unspecified atom stereocenters. The van der Waals surface area contributed by atoms with Gasteiger partial charge in [0.05, 0.1) is 17.7 Å². The lowest BCUT2D eigenvalue weighted by molar-refractivity contribution is -0.128. The second-order valence-electron chi connectivity index (χ2n) is 9.21. The minimum absolute atomic E-state index is 0.207. The summed E-state index contributed by atoms with van der Waals surface area (Å²) in [4.78, 5) is 37.6. The Labute approximate surface area is 212 Å². The molecule has 3 aromatic rings. The van der Waals surface area contributed by atoms with Crippen LogP contribution in [0.2, 0.25) is 0 Å². The SMILES string of the molecule is [C-]#[N+]c1ccc2c(n1)c(N1C[C@@H](C)N(C(C(=O)NCC(F)F)c3ccc(F)cc3)C[C@@H]1C)cc(=O)n2C. The van der Waals surface area contributed by atoms with Crippen molar-refractivity contribution in [2.75, 3.05) is 24.5 Å². The number of fused-ring (bicyclic) bond motifs is 1. The molecular weight excluding hydrogens is 485 g/mol. The first-order chi connectivity index (χ1) is 17.6. The van der Waals surface area contributed by atoms with Crippen LogP contribution in [0, 0.1) is 12.4 Å². The number of aromatic nitrogens is 2. The molecule has 1 amide bonds. The fraction of sp³-hybridized carbons (Fsp3) is 0.385. The first-order valence-electron chi connectivity index (χ1n) is 11.8. The van der Waals surface area contributed by atoms with Crippen LogP contribution in [0.25, 0.3) is 15.9 Å². The molecular formula is C26H27F3N6O2. The summed E-state index contributed by atoms with van der Waals surface area (Å²) >= 11 is 0. The van der Waals surface area contributed by atoms with Gasteiger partial charge in [0.1, 0.15) is 11.9 Å². The lowest BCUT2D eigenvalue weighted by Crippen LogP contribution is -2.59. The van der Waals surface area contributed by atoms with Crippen LogP contribution in [-0.4, -0.2) is 58.5 Å². The van der Waals surface area contributed by atoms with Crippen LogP contribution in [0.5, 0.6) is 0 Å². The average molecular weight is 513 g/mol. The van der Waals surface area contributed by atoms with E-state index in [2.05, 4.69) is 15.1 Å². The van der Waals surface area contributed by atoms with Gasteiger partial charge in [0, 0.05) is 38.3 Å². The number of carbonyl (C=O) groups excluding carboxylic acids is 1. The number of piperazine rings is 1. The van der Waals surface area contributed by atoms with E-state index in [1.807, 2.05) is 23.6 Å². The van der Waals surface area contributed by atoms with Gasteiger partial charge in [0.2, 0.25) is 11.4 Å². The molecule has 0 saturated carbocycles. The second kappa shape index (κ2) is 10.6. The van der Waals surface area contributed by atoms with Crippen LogP contribution >= 0.6 is 0 Å². The molecule has 1 aromatic carbocycles. The van der Waals surface area contributed by atoms with E-state index in [4.69, 9.17) is 6.57 Å². The number of anilines is 1. The third-order valence-electron chi connectivity index (χ3n) is 6.71. The van der Waals surface area contributed by atoms with Crippen LogP contribution < -0.4 is 15.8 Å². The molecule has 3 heterocycles. The minimum Gasteiger partial charge on any atom is -0.362 e. The van der Waals surface area contributed by atoms with Gasteiger partial charge in [-0.3, -0.25) is 14.5 Å². The topological polar surface area (TPSA) is 74.8 Å². The van der Waals surface area contributed by atoms with Crippen molar-refractivity contribution >= 4 is 28.4 Å². The zero-order valence-corrected chi connectivity index (χ0v) is 20.7. The number of pyridine rings is 2. The smallest absolute Gasteiger partial charge is 0.270 e. The van der Waals surface area contributed by atoms with E-state index in [1.54, 1.807) is 19.2 Å². The Morgan fingerprint density at radius 2 is 1.86 bits per heavy atom. The number of aryl methyl sites for hydroxylation is 1. The number of halogens is 3. The monoisotopic (exact) mass is 512 g/mol. The highest BCUT2D eigenvalue weighted by Crippen LogP contribution is 2.33. The third kappa shape index (κ3) is 5.29. The summed E-state index contributed by atoms with van der Waals surface area (Å²) < 4.78 is 40.8. The summed E-state index contributed by atoms with van der Waals surface area (Å²) in [6.07, 6.45) is -2.70. The number of nitrogens with one attached hydrogen (secondary N) is 1. The van der Waals surface area contributed by atoms with E-state index in [9.17, 15) is 22.8 Å². The number of alkyl halides is 2. The number of nitrogens with zero attached hydrogens (tertiary/aromatic N) is 5. The Bertz CT molecular complexity index is 1400. The number of rotatable bonds is 6. The zero-order chi connectivity index (χ0) is 26.9. The van der Waals surface area contributed by atoms with Gasteiger partial charge in [-0.25, -0.2) is 13.2 Å². The Kier molecular flexibility index (Phi) is 7.50. The van der Waals surface area contributed by atoms with Gasteiger partial charge in [-0.2, -0.15) is 0 Å². The van der Waals surface area contributed by atoms with Crippen molar-refractivity contribution in [2.45, 2.75) is 38.4 Å². The predicted molar refractivity (Wildman–Crippen MR) is 134 cm³/mol. The summed E-state index contributed by atoms with van der Waals surface area (Å²) in [7, 11) is 1.64. The molecule has 2 aromatic heterocycles. The molecule has 0 spiro atoms. The van der Waals surface area contributed by atoms with Crippen LogP contribution in [0.3, 0.4) is 0 Å². The highest BCUT2D eigenvalue weighted by molar-refractivity contribution is 5.90. The quantitative estimate of drug-likeness (QED) is 0.511. The van der Waals surface area contributed by atoms with E-state index < -0.39 is 30.7 Å². The second-order valence-corrected chi connectivity index (χ2v) is 9.21. The highest BCUT2D eigenvalue weighted by atomic mass is 19.3. The van der Waals surface area contributed by atoms with Crippen molar-refractivity contribution in [1.82, 2.24) is 19.8 Å². The number of benzene rings is 1. The number of carbonyl (C=O) groups is 1. The first-order valence-corrected chi connectivity index (χ1v) is 11.8. The van der Waals surface area contributed by atoms with Crippen LogP contribution in [0.15, 0.2) is 47.3 Å². The number of hydrogen-bond acceptors (Lipinski definition) is 5. The van der Waals surface area contributed by atoms with Gasteiger partial charge in [-0.1, -0.05) is 18.7 Å². The summed E-state index contributed by atoms with van der Waals surface area (Å²) in [5.41, 5.74) is 1.96. The molecule has 1 saturated heterocycles. The third-order valence-corrected chi connectivity index (χ3v) is 6.71. The Hall–Kier alpha value is -3.91. The van der Waals surface area contributed by atoms with Gasteiger partial charge >= 0.3 is 0 Å². The maximum absolute atomic E-state index is 13.6. The van der Waals surface area contributed by atoms with E-state index in [1.165, 1.54) is 34.9 Å². The molecule has 11 heteroatoms. The van der Waals surface area contributed by atoms with E-state index in [0.717, 1.165) is 0 Å². The summed E-state index contributed by atoms with van der Waals surface area (Å²) in [5, 5.41) is 2.30. The Morgan fingerprint density at radius 3 is 2.51 bits per heavy atom. The largest absolute Gasteiger partial charge is 0.362 e. The molecule has 0 bridgehead atoms. The molecule has 1 N–H and O–H groups in total. The van der Waals surface area contributed by atoms with Crippen molar-refractivity contribution < 1.29 is 18.0 Å². The van der Waals surface area contributed by atoms with Crippen molar-refractivity contribution in [3.05, 3.63) is 75.6 Å². The van der Waals surface area contributed by atoms with Crippen molar-refractivity contribution in [3.63, 3.8) is 0 Å². The number of amides is 1. The molecule has 37 heavy (non-hydrogen) atoms. The zero-order valence-electron chi connectivity index (χ0n) is 20.7. The van der Waals surface area contributed by atoms with Crippen molar-refractivity contribution in [1.29, 1.82) is 0 Å².